The Morgan fingerprint density at radius 2 is 2.17 bits per heavy atom. The first-order valence-corrected chi connectivity index (χ1v) is 10.5. The number of aromatic nitrogens is 4. The maximum atomic E-state index is 11.8. The van der Waals surface area contributed by atoms with Crippen molar-refractivity contribution in [2.45, 2.75) is 32.2 Å². The second-order valence-electron chi connectivity index (χ2n) is 8.14. The third kappa shape index (κ3) is 3.41. The number of pyridine rings is 1. The highest BCUT2D eigenvalue weighted by molar-refractivity contribution is 5.91. The number of likely N-dealkylation sites (tertiary alicyclic amines) is 1. The van der Waals surface area contributed by atoms with Gasteiger partial charge in [0, 0.05) is 61.9 Å². The van der Waals surface area contributed by atoms with Crippen molar-refractivity contribution in [3.8, 4) is 11.4 Å². The zero-order valence-corrected chi connectivity index (χ0v) is 17.3. The number of hydrogen-bond acceptors (Lipinski definition) is 6. The normalized spacial score (nSPS) is 22.1. The molecule has 2 atom stereocenters. The number of nitrogens with one attached hydrogen (secondary N) is 1. The molecule has 5 rings (SSSR count). The van der Waals surface area contributed by atoms with Crippen LogP contribution in [0.25, 0.3) is 22.4 Å². The lowest BCUT2D eigenvalue weighted by Gasteiger charge is -2.34. The number of H-pyrrole nitrogens is 1. The summed E-state index contributed by atoms with van der Waals surface area (Å²) in [5.41, 5.74) is 2.79. The minimum absolute atomic E-state index is 0.122. The largest absolute Gasteiger partial charge is 0.377 e. The summed E-state index contributed by atoms with van der Waals surface area (Å²) in [6.07, 6.45) is 4.59. The van der Waals surface area contributed by atoms with Gasteiger partial charge in [-0.3, -0.25) is 4.79 Å². The fourth-order valence-electron chi connectivity index (χ4n) is 4.44. The van der Waals surface area contributed by atoms with Gasteiger partial charge in [0.05, 0.1) is 24.9 Å². The van der Waals surface area contributed by atoms with Crippen LogP contribution in [0.5, 0.6) is 0 Å². The summed E-state index contributed by atoms with van der Waals surface area (Å²) in [6.45, 7) is 7.46. The molecule has 156 valence electrons. The molecule has 0 bridgehead atoms. The van der Waals surface area contributed by atoms with Crippen molar-refractivity contribution in [3.05, 3.63) is 36.3 Å². The summed E-state index contributed by atoms with van der Waals surface area (Å²) in [4.78, 5) is 33.6. The number of carbonyl (C=O) groups is 1. The van der Waals surface area contributed by atoms with E-state index in [1.165, 1.54) is 0 Å². The van der Waals surface area contributed by atoms with E-state index < -0.39 is 0 Å². The molecule has 1 N–H and O–H groups in total. The van der Waals surface area contributed by atoms with Crippen molar-refractivity contribution in [2.24, 2.45) is 0 Å². The monoisotopic (exact) mass is 406 g/mol. The smallest absolute Gasteiger partial charge is 0.219 e. The van der Waals surface area contributed by atoms with Crippen molar-refractivity contribution < 1.29 is 9.53 Å². The number of rotatable bonds is 3. The van der Waals surface area contributed by atoms with Crippen LogP contribution in [0.15, 0.2) is 30.6 Å². The number of ether oxygens (including phenoxy) is 1. The van der Waals surface area contributed by atoms with Crippen LogP contribution < -0.4 is 4.90 Å². The second kappa shape index (κ2) is 7.68. The molecule has 3 aromatic rings. The minimum atomic E-state index is 0.122. The Morgan fingerprint density at radius 3 is 2.97 bits per heavy atom. The zero-order chi connectivity index (χ0) is 20.7. The van der Waals surface area contributed by atoms with Gasteiger partial charge in [-0.15, -0.1) is 0 Å². The van der Waals surface area contributed by atoms with Crippen LogP contribution in [0.4, 0.5) is 5.82 Å². The van der Waals surface area contributed by atoms with Gasteiger partial charge in [0.1, 0.15) is 11.5 Å². The van der Waals surface area contributed by atoms with Gasteiger partial charge in [-0.1, -0.05) is 0 Å². The number of morpholine rings is 1. The highest BCUT2D eigenvalue weighted by Crippen LogP contribution is 2.32. The van der Waals surface area contributed by atoms with E-state index in [1.54, 1.807) is 13.1 Å². The van der Waals surface area contributed by atoms with Gasteiger partial charge in [-0.25, -0.2) is 15.0 Å². The SMILES string of the molecule is CC(=O)N1CC[C@@H](c2cc(N3CCOC[C@H]3C)nc(-c3ccnc4[nH]ccc34)n2)C1. The Kier molecular flexibility index (Phi) is 4.86. The first kappa shape index (κ1) is 19.0. The van der Waals surface area contributed by atoms with Gasteiger partial charge >= 0.3 is 0 Å². The van der Waals surface area contributed by atoms with Crippen LogP contribution in [0.1, 0.15) is 31.9 Å². The Labute approximate surface area is 175 Å². The number of carbonyl (C=O) groups excluding carboxylic acids is 1. The fourth-order valence-corrected chi connectivity index (χ4v) is 4.44. The molecule has 0 unspecified atom stereocenters. The van der Waals surface area contributed by atoms with Crippen molar-refractivity contribution >= 4 is 22.8 Å². The second-order valence-corrected chi connectivity index (χ2v) is 8.14. The van der Waals surface area contributed by atoms with Gasteiger partial charge in [0.2, 0.25) is 5.91 Å². The zero-order valence-electron chi connectivity index (χ0n) is 17.3. The van der Waals surface area contributed by atoms with Crippen LogP contribution in [0, 0.1) is 0 Å². The summed E-state index contributed by atoms with van der Waals surface area (Å²) in [5.74, 6) is 1.97. The van der Waals surface area contributed by atoms with Crippen LogP contribution in [0.3, 0.4) is 0 Å². The predicted molar refractivity (Wildman–Crippen MR) is 114 cm³/mol. The van der Waals surface area contributed by atoms with Gasteiger partial charge < -0.3 is 19.5 Å². The topological polar surface area (TPSA) is 87.2 Å². The molecule has 2 saturated heterocycles. The molecule has 0 radical (unpaired) electrons. The van der Waals surface area contributed by atoms with Crippen LogP contribution in [0.2, 0.25) is 0 Å². The van der Waals surface area contributed by atoms with Crippen molar-refractivity contribution in [2.75, 3.05) is 37.7 Å². The van der Waals surface area contributed by atoms with E-state index in [4.69, 9.17) is 14.7 Å². The first-order valence-electron chi connectivity index (χ1n) is 10.5. The standard InChI is InChI=1S/C22H26N6O2/c1-14-13-30-10-9-28(14)20-11-19(16-5-8-27(12-16)15(2)29)25-22(26-20)18-4-7-24-21-17(18)3-6-23-21/h3-4,6-7,11,14,16H,5,8-10,12-13H2,1-2H3,(H,23,24)/t14-,16-/m1/s1. The lowest BCUT2D eigenvalue weighted by molar-refractivity contribution is -0.127. The highest BCUT2D eigenvalue weighted by Gasteiger charge is 2.29. The molecule has 8 nitrogen and oxygen atoms in total. The van der Waals surface area contributed by atoms with E-state index in [9.17, 15) is 4.79 Å². The van der Waals surface area contributed by atoms with Crippen LogP contribution >= 0.6 is 0 Å². The van der Waals surface area contributed by atoms with Gasteiger partial charge in [-0.2, -0.15) is 0 Å². The maximum absolute atomic E-state index is 11.8. The molecule has 1 amide bonds. The average molecular weight is 406 g/mol. The molecule has 5 heterocycles. The summed E-state index contributed by atoms with van der Waals surface area (Å²) >= 11 is 0. The van der Waals surface area contributed by atoms with Crippen molar-refractivity contribution in [3.63, 3.8) is 0 Å². The van der Waals surface area contributed by atoms with E-state index >= 15 is 0 Å². The number of fused-ring (bicyclic) bond motifs is 1. The average Bonchev–Trinajstić information content (AvgIpc) is 3.43. The molecule has 2 fully saturated rings. The molecular weight excluding hydrogens is 380 g/mol. The van der Waals surface area contributed by atoms with Gasteiger partial charge in [0.15, 0.2) is 5.82 Å². The third-order valence-corrected chi connectivity index (χ3v) is 6.15. The number of aromatic amines is 1. The van der Waals surface area contributed by atoms with E-state index in [0.29, 0.717) is 25.6 Å². The lowest BCUT2D eigenvalue weighted by atomic mass is 10.0. The molecule has 0 saturated carbocycles. The van der Waals surface area contributed by atoms with Crippen molar-refractivity contribution in [1.82, 2.24) is 24.8 Å². The quantitative estimate of drug-likeness (QED) is 0.719. The maximum Gasteiger partial charge on any atom is 0.219 e. The Morgan fingerprint density at radius 1 is 1.27 bits per heavy atom. The third-order valence-electron chi connectivity index (χ3n) is 6.15. The summed E-state index contributed by atoms with van der Waals surface area (Å²) in [6, 6.07) is 6.34. The molecule has 0 aliphatic carbocycles. The number of hydrogen-bond donors (Lipinski definition) is 1. The summed E-state index contributed by atoms with van der Waals surface area (Å²) in [5, 5.41) is 1.01. The molecule has 30 heavy (non-hydrogen) atoms. The Hall–Kier alpha value is -3.00. The molecule has 0 spiro atoms. The molecule has 2 aliphatic heterocycles. The predicted octanol–water partition coefficient (Wildman–Crippen LogP) is 2.58. The lowest BCUT2D eigenvalue weighted by Crippen LogP contribution is -2.44. The minimum Gasteiger partial charge on any atom is -0.377 e. The van der Waals surface area contributed by atoms with Gasteiger partial charge in [-0.05, 0) is 25.5 Å². The van der Waals surface area contributed by atoms with Crippen LogP contribution in [-0.4, -0.2) is 69.6 Å². The van der Waals surface area contributed by atoms with E-state index in [0.717, 1.165) is 47.6 Å². The number of amides is 1. The molecular formula is C22H26N6O2. The highest BCUT2D eigenvalue weighted by atomic mass is 16.5. The van der Waals surface area contributed by atoms with E-state index in [1.807, 2.05) is 23.2 Å². The van der Waals surface area contributed by atoms with E-state index in [-0.39, 0.29) is 17.9 Å². The summed E-state index contributed by atoms with van der Waals surface area (Å²) < 4.78 is 5.62. The molecule has 2 aliphatic rings. The number of anilines is 1. The van der Waals surface area contributed by atoms with Crippen molar-refractivity contribution in [1.29, 1.82) is 0 Å². The summed E-state index contributed by atoms with van der Waals surface area (Å²) in [7, 11) is 0. The molecule has 3 aromatic heterocycles. The Bertz CT molecular complexity index is 1080. The van der Waals surface area contributed by atoms with Gasteiger partial charge in [0.25, 0.3) is 0 Å². The number of nitrogens with zero attached hydrogens (tertiary/aromatic N) is 5. The molecule has 8 heteroatoms. The first-order chi connectivity index (χ1) is 14.6. The van der Waals surface area contributed by atoms with E-state index in [2.05, 4.69) is 27.9 Å². The fraction of sp³-hybridized carbons (Fsp3) is 0.455. The van der Waals surface area contributed by atoms with Crippen LogP contribution in [-0.2, 0) is 9.53 Å². The Balaban J connectivity index is 1.60. The molecule has 0 aromatic carbocycles.